The van der Waals surface area contributed by atoms with Gasteiger partial charge in [-0.2, -0.15) is 5.10 Å². The first-order valence-electron chi connectivity index (χ1n) is 4.59. The lowest BCUT2D eigenvalue weighted by Gasteiger charge is -2.08. The van der Waals surface area contributed by atoms with E-state index in [1.54, 1.807) is 27.1 Å². The van der Waals surface area contributed by atoms with E-state index in [2.05, 4.69) is 9.82 Å². The van der Waals surface area contributed by atoms with Gasteiger partial charge in [0.05, 0.1) is 11.4 Å². The van der Waals surface area contributed by atoms with E-state index < -0.39 is 15.3 Å². The molecule has 0 amide bonds. The second kappa shape index (κ2) is 4.19. The van der Waals surface area contributed by atoms with Gasteiger partial charge in [0, 0.05) is 19.2 Å². The molecule has 1 aromatic rings. The molecular formula is C8H16N4O2S. The predicted molar refractivity (Wildman–Crippen MR) is 58.5 cm³/mol. The van der Waals surface area contributed by atoms with Crippen LogP contribution in [-0.2, 0) is 23.6 Å². The molecule has 3 N–H and O–H groups in total. The Balaban J connectivity index is 2.70. The summed E-state index contributed by atoms with van der Waals surface area (Å²) in [6.07, 6.45) is 1.55. The van der Waals surface area contributed by atoms with E-state index >= 15 is 0 Å². The van der Waals surface area contributed by atoms with Gasteiger partial charge in [0.1, 0.15) is 5.82 Å². The lowest BCUT2D eigenvalue weighted by Crippen LogP contribution is -2.30. The molecule has 1 aromatic heterocycles. The molecule has 0 atom stereocenters. The van der Waals surface area contributed by atoms with Crippen molar-refractivity contribution in [2.45, 2.75) is 25.6 Å². The summed E-state index contributed by atoms with van der Waals surface area (Å²) in [7, 11) is -1.54. The number of sulfonamides is 1. The van der Waals surface area contributed by atoms with Crippen molar-refractivity contribution in [3.63, 3.8) is 0 Å². The number of nitrogens with zero attached hydrogens (tertiary/aromatic N) is 2. The zero-order valence-electron chi connectivity index (χ0n) is 9.06. The Morgan fingerprint density at radius 3 is 2.60 bits per heavy atom. The molecule has 0 saturated carbocycles. The first-order chi connectivity index (χ1) is 6.84. The van der Waals surface area contributed by atoms with Crippen molar-refractivity contribution in [3.8, 4) is 0 Å². The summed E-state index contributed by atoms with van der Waals surface area (Å²) in [5.41, 5.74) is 6.36. The summed E-state index contributed by atoms with van der Waals surface area (Å²) in [6, 6.07) is 0. The minimum atomic E-state index is -3.25. The van der Waals surface area contributed by atoms with Gasteiger partial charge in [-0.05, 0) is 13.8 Å². The first kappa shape index (κ1) is 12.0. The highest BCUT2D eigenvalue weighted by Crippen LogP contribution is 2.09. The summed E-state index contributed by atoms with van der Waals surface area (Å²) in [6.45, 7) is 3.42. The molecule has 6 nitrogen and oxygen atoms in total. The van der Waals surface area contributed by atoms with E-state index in [0.29, 0.717) is 11.4 Å². The molecule has 0 unspecified atom stereocenters. The van der Waals surface area contributed by atoms with Crippen molar-refractivity contribution in [2.24, 2.45) is 7.05 Å². The standard InChI is InChI=1S/C8H16N4O2S/c1-6(2)15(13,14)11-5-7-4-10-12(3)8(7)9/h4,6,11H,5,9H2,1-3H3. The number of nitrogens with two attached hydrogens (primary N) is 1. The topological polar surface area (TPSA) is 90.0 Å². The van der Waals surface area contributed by atoms with E-state index in [9.17, 15) is 8.42 Å². The molecular weight excluding hydrogens is 216 g/mol. The van der Waals surface area contributed by atoms with Gasteiger partial charge in [-0.3, -0.25) is 4.68 Å². The van der Waals surface area contributed by atoms with Crippen LogP contribution in [0.2, 0.25) is 0 Å². The lowest BCUT2D eigenvalue weighted by atomic mass is 10.3. The van der Waals surface area contributed by atoms with Crippen LogP contribution in [0.5, 0.6) is 0 Å². The van der Waals surface area contributed by atoms with Crippen LogP contribution in [0.3, 0.4) is 0 Å². The molecule has 7 heteroatoms. The third-order valence-corrected chi connectivity index (χ3v) is 3.94. The highest BCUT2D eigenvalue weighted by molar-refractivity contribution is 7.90. The molecule has 0 aliphatic rings. The summed E-state index contributed by atoms with van der Waals surface area (Å²) in [5.74, 6) is 0.474. The molecule has 0 aromatic carbocycles. The molecule has 0 aliphatic heterocycles. The third kappa shape index (κ3) is 2.69. The zero-order chi connectivity index (χ0) is 11.6. The van der Waals surface area contributed by atoms with Crippen LogP contribution < -0.4 is 10.5 Å². The van der Waals surface area contributed by atoms with Gasteiger partial charge < -0.3 is 5.73 Å². The molecule has 0 radical (unpaired) electrons. The van der Waals surface area contributed by atoms with Crippen LogP contribution in [0.1, 0.15) is 19.4 Å². The number of hydrogen-bond donors (Lipinski definition) is 2. The number of nitrogen functional groups attached to an aromatic ring is 1. The van der Waals surface area contributed by atoms with Crippen molar-refractivity contribution >= 4 is 15.8 Å². The van der Waals surface area contributed by atoms with Gasteiger partial charge in [-0.1, -0.05) is 0 Å². The average Bonchev–Trinajstić information content (AvgIpc) is 2.45. The van der Waals surface area contributed by atoms with Crippen molar-refractivity contribution in [3.05, 3.63) is 11.8 Å². The first-order valence-corrected chi connectivity index (χ1v) is 6.14. The average molecular weight is 232 g/mol. The van der Waals surface area contributed by atoms with Gasteiger partial charge in [-0.25, -0.2) is 13.1 Å². The molecule has 0 fully saturated rings. The third-order valence-electron chi connectivity index (χ3n) is 2.15. The molecule has 1 rings (SSSR count). The summed E-state index contributed by atoms with van der Waals surface area (Å²) in [4.78, 5) is 0. The van der Waals surface area contributed by atoms with Crippen molar-refractivity contribution < 1.29 is 8.42 Å². The van der Waals surface area contributed by atoms with Crippen LogP contribution in [0, 0.1) is 0 Å². The highest BCUT2D eigenvalue weighted by atomic mass is 32.2. The van der Waals surface area contributed by atoms with Gasteiger partial charge >= 0.3 is 0 Å². The second-order valence-corrected chi connectivity index (χ2v) is 5.92. The highest BCUT2D eigenvalue weighted by Gasteiger charge is 2.16. The largest absolute Gasteiger partial charge is 0.384 e. The lowest BCUT2D eigenvalue weighted by molar-refractivity contribution is 0.572. The molecule has 15 heavy (non-hydrogen) atoms. The van der Waals surface area contributed by atoms with Crippen LogP contribution in [0.15, 0.2) is 6.20 Å². The molecule has 0 saturated heterocycles. The number of rotatable bonds is 4. The smallest absolute Gasteiger partial charge is 0.214 e. The Morgan fingerprint density at radius 2 is 2.20 bits per heavy atom. The number of aryl methyl sites for hydroxylation is 1. The number of aromatic nitrogens is 2. The van der Waals surface area contributed by atoms with E-state index in [1.807, 2.05) is 0 Å². The zero-order valence-corrected chi connectivity index (χ0v) is 9.87. The predicted octanol–water partition coefficient (Wildman–Crippen LogP) is -0.170. The maximum Gasteiger partial charge on any atom is 0.214 e. The van der Waals surface area contributed by atoms with Crippen molar-refractivity contribution in [1.82, 2.24) is 14.5 Å². The summed E-state index contributed by atoms with van der Waals surface area (Å²) in [5, 5.41) is 3.47. The fourth-order valence-electron chi connectivity index (χ4n) is 0.974. The van der Waals surface area contributed by atoms with E-state index in [4.69, 9.17) is 5.73 Å². The van der Waals surface area contributed by atoms with Crippen LogP contribution in [0.25, 0.3) is 0 Å². The normalized spacial score (nSPS) is 12.3. The Labute approximate surface area is 89.5 Å². The summed E-state index contributed by atoms with van der Waals surface area (Å²) < 4.78 is 26.9. The Morgan fingerprint density at radius 1 is 1.60 bits per heavy atom. The molecule has 0 bridgehead atoms. The van der Waals surface area contributed by atoms with E-state index in [-0.39, 0.29) is 6.54 Å². The van der Waals surface area contributed by atoms with Gasteiger partial charge in [0.2, 0.25) is 10.0 Å². The maximum atomic E-state index is 11.4. The monoisotopic (exact) mass is 232 g/mol. The quantitative estimate of drug-likeness (QED) is 0.754. The SMILES string of the molecule is CC(C)S(=O)(=O)NCc1cnn(C)c1N. The van der Waals surface area contributed by atoms with Crippen molar-refractivity contribution in [1.29, 1.82) is 0 Å². The van der Waals surface area contributed by atoms with E-state index in [0.717, 1.165) is 0 Å². The minimum Gasteiger partial charge on any atom is -0.384 e. The molecule has 0 spiro atoms. The minimum absolute atomic E-state index is 0.181. The Bertz CT molecular complexity index is 435. The number of hydrogen-bond acceptors (Lipinski definition) is 4. The fourth-order valence-corrected chi connectivity index (χ4v) is 1.66. The Hall–Kier alpha value is -1.08. The number of anilines is 1. The number of nitrogens with one attached hydrogen (secondary N) is 1. The fraction of sp³-hybridized carbons (Fsp3) is 0.625. The van der Waals surface area contributed by atoms with Crippen LogP contribution in [0.4, 0.5) is 5.82 Å². The summed E-state index contributed by atoms with van der Waals surface area (Å²) >= 11 is 0. The molecule has 86 valence electrons. The van der Waals surface area contributed by atoms with Crippen molar-refractivity contribution in [2.75, 3.05) is 5.73 Å². The van der Waals surface area contributed by atoms with Crippen LogP contribution >= 0.6 is 0 Å². The second-order valence-electron chi connectivity index (χ2n) is 3.59. The molecule has 0 aliphatic carbocycles. The Kier molecular flexibility index (Phi) is 3.35. The van der Waals surface area contributed by atoms with Gasteiger partial charge in [0.15, 0.2) is 0 Å². The van der Waals surface area contributed by atoms with Gasteiger partial charge in [-0.15, -0.1) is 0 Å². The van der Waals surface area contributed by atoms with Gasteiger partial charge in [0.25, 0.3) is 0 Å². The van der Waals surface area contributed by atoms with Crippen LogP contribution in [-0.4, -0.2) is 23.4 Å². The maximum absolute atomic E-state index is 11.4. The molecule has 1 heterocycles. The van der Waals surface area contributed by atoms with E-state index in [1.165, 1.54) is 4.68 Å².